The average molecular weight is 311 g/mol. The molecule has 1 amide bonds. The van der Waals surface area contributed by atoms with Gasteiger partial charge in [0.05, 0.1) is 12.5 Å². The summed E-state index contributed by atoms with van der Waals surface area (Å²) in [6, 6.07) is 16.1. The Kier molecular flexibility index (Phi) is 6.36. The lowest BCUT2D eigenvalue weighted by atomic mass is 9.98. The average Bonchev–Trinajstić information content (AvgIpc) is 2.61. The third-order valence-corrected chi connectivity index (χ3v) is 4.20. The van der Waals surface area contributed by atoms with Gasteiger partial charge in [0.2, 0.25) is 5.91 Å². The van der Waals surface area contributed by atoms with Gasteiger partial charge < -0.3 is 10.4 Å². The molecule has 2 N–H and O–H groups in total. The van der Waals surface area contributed by atoms with Gasteiger partial charge in [0, 0.05) is 6.54 Å². The normalized spacial score (nSPS) is 12.0. The molecule has 0 radical (unpaired) electrons. The zero-order valence-corrected chi connectivity index (χ0v) is 13.9. The van der Waals surface area contributed by atoms with E-state index >= 15 is 0 Å². The van der Waals surface area contributed by atoms with Crippen molar-refractivity contribution in [3.63, 3.8) is 0 Å². The van der Waals surface area contributed by atoms with Crippen molar-refractivity contribution >= 4 is 5.91 Å². The fourth-order valence-corrected chi connectivity index (χ4v) is 2.49. The van der Waals surface area contributed by atoms with Gasteiger partial charge in [0.15, 0.2) is 0 Å². The van der Waals surface area contributed by atoms with Crippen LogP contribution in [0.3, 0.4) is 0 Å². The van der Waals surface area contributed by atoms with E-state index in [1.54, 1.807) is 0 Å². The minimum absolute atomic E-state index is 0.0567. The van der Waals surface area contributed by atoms with Crippen molar-refractivity contribution in [1.29, 1.82) is 0 Å². The molecule has 0 aliphatic rings. The largest absolute Gasteiger partial charge is 0.392 e. The minimum Gasteiger partial charge on any atom is -0.392 e. The van der Waals surface area contributed by atoms with E-state index in [4.69, 9.17) is 5.11 Å². The molecule has 0 heterocycles. The van der Waals surface area contributed by atoms with Crippen molar-refractivity contribution in [3.8, 4) is 0 Å². The van der Waals surface area contributed by atoms with Crippen LogP contribution in [-0.4, -0.2) is 17.6 Å². The highest BCUT2D eigenvalue weighted by Gasteiger charge is 2.14. The van der Waals surface area contributed by atoms with Crippen LogP contribution < -0.4 is 5.32 Å². The van der Waals surface area contributed by atoms with Crippen molar-refractivity contribution in [3.05, 3.63) is 70.8 Å². The summed E-state index contributed by atoms with van der Waals surface area (Å²) in [4.78, 5) is 12.2. The first-order valence-corrected chi connectivity index (χ1v) is 8.19. The van der Waals surface area contributed by atoms with E-state index in [-0.39, 0.29) is 18.4 Å². The quantitative estimate of drug-likeness (QED) is 0.825. The molecule has 0 spiro atoms. The summed E-state index contributed by atoms with van der Waals surface area (Å²) in [5.41, 5.74) is 4.39. The standard InChI is InChI=1S/C20H25NO2/c1-3-16-8-10-19(11-9-16)15(2)20(23)21-13-12-17-4-6-18(14-22)7-5-17/h4-11,15,22H,3,12-14H2,1-2H3,(H,21,23). The van der Waals surface area contributed by atoms with Crippen molar-refractivity contribution < 1.29 is 9.90 Å². The van der Waals surface area contributed by atoms with E-state index in [1.807, 2.05) is 43.3 Å². The third-order valence-electron chi connectivity index (χ3n) is 4.20. The highest BCUT2D eigenvalue weighted by molar-refractivity contribution is 5.83. The number of rotatable bonds is 7. The second kappa shape index (κ2) is 8.49. The van der Waals surface area contributed by atoms with Gasteiger partial charge in [-0.3, -0.25) is 4.79 Å². The van der Waals surface area contributed by atoms with E-state index in [1.165, 1.54) is 5.56 Å². The Labute approximate surface area is 138 Å². The molecule has 0 saturated carbocycles. The van der Waals surface area contributed by atoms with Crippen LogP contribution in [0.5, 0.6) is 0 Å². The maximum Gasteiger partial charge on any atom is 0.227 e. The van der Waals surface area contributed by atoms with Crippen LogP contribution in [0.4, 0.5) is 0 Å². The Morgan fingerprint density at radius 2 is 1.57 bits per heavy atom. The predicted molar refractivity (Wildman–Crippen MR) is 93.3 cm³/mol. The number of hydrogen-bond acceptors (Lipinski definition) is 2. The Balaban J connectivity index is 1.83. The third kappa shape index (κ3) is 4.93. The molecule has 0 bridgehead atoms. The first-order valence-electron chi connectivity index (χ1n) is 8.19. The van der Waals surface area contributed by atoms with Gasteiger partial charge in [-0.05, 0) is 42.0 Å². The van der Waals surface area contributed by atoms with E-state index in [0.717, 1.165) is 29.5 Å². The number of aryl methyl sites for hydroxylation is 1. The Hall–Kier alpha value is -2.13. The number of aliphatic hydroxyl groups is 1. The van der Waals surface area contributed by atoms with Gasteiger partial charge in [-0.1, -0.05) is 55.5 Å². The zero-order chi connectivity index (χ0) is 16.7. The van der Waals surface area contributed by atoms with Crippen molar-refractivity contribution in [2.75, 3.05) is 6.54 Å². The lowest BCUT2D eigenvalue weighted by Gasteiger charge is -2.13. The van der Waals surface area contributed by atoms with E-state index in [9.17, 15) is 4.79 Å². The first-order chi connectivity index (χ1) is 11.1. The molecule has 0 fully saturated rings. The molecule has 3 nitrogen and oxygen atoms in total. The Bertz CT molecular complexity index is 617. The number of nitrogens with one attached hydrogen (secondary N) is 1. The molecule has 0 aromatic heterocycles. The fourth-order valence-electron chi connectivity index (χ4n) is 2.49. The molecular formula is C20H25NO2. The molecular weight excluding hydrogens is 286 g/mol. The number of carbonyl (C=O) groups excluding carboxylic acids is 1. The SMILES string of the molecule is CCc1ccc(C(C)C(=O)NCCc2ccc(CO)cc2)cc1. The lowest BCUT2D eigenvalue weighted by Crippen LogP contribution is -2.29. The summed E-state index contributed by atoms with van der Waals surface area (Å²) in [5.74, 6) is -0.0844. The monoisotopic (exact) mass is 311 g/mol. The minimum atomic E-state index is -0.141. The van der Waals surface area contributed by atoms with Gasteiger partial charge in [0.1, 0.15) is 0 Å². The predicted octanol–water partition coefficient (Wildman–Crippen LogP) is 3.20. The summed E-state index contributed by atoms with van der Waals surface area (Å²) in [6.45, 7) is 4.74. The van der Waals surface area contributed by atoms with Crippen LogP contribution in [-0.2, 0) is 24.2 Å². The van der Waals surface area contributed by atoms with E-state index in [0.29, 0.717) is 6.54 Å². The van der Waals surface area contributed by atoms with Gasteiger partial charge in [-0.2, -0.15) is 0 Å². The Morgan fingerprint density at radius 1 is 1.00 bits per heavy atom. The van der Waals surface area contributed by atoms with Gasteiger partial charge in [-0.15, -0.1) is 0 Å². The molecule has 0 aliphatic heterocycles. The maximum atomic E-state index is 12.2. The summed E-state index contributed by atoms with van der Waals surface area (Å²) < 4.78 is 0. The molecule has 1 unspecified atom stereocenters. The highest BCUT2D eigenvalue weighted by Crippen LogP contribution is 2.16. The zero-order valence-electron chi connectivity index (χ0n) is 13.9. The first kappa shape index (κ1) is 17.2. The molecule has 2 aromatic rings. The van der Waals surface area contributed by atoms with E-state index < -0.39 is 0 Å². The number of aliphatic hydroxyl groups excluding tert-OH is 1. The Morgan fingerprint density at radius 3 is 2.13 bits per heavy atom. The van der Waals surface area contributed by atoms with Crippen LogP contribution in [0.1, 0.15) is 42.0 Å². The smallest absolute Gasteiger partial charge is 0.227 e. The van der Waals surface area contributed by atoms with Crippen LogP contribution in [0, 0.1) is 0 Å². The molecule has 3 heteroatoms. The number of carbonyl (C=O) groups is 1. The molecule has 1 atom stereocenters. The summed E-state index contributed by atoms with van der Waals surface area (Å²) in [6.07, 6.45) is 1.80. The van der Waals surface area contributed by atoms with Crippen molar-refractivity contribution in [2.24, 2.45) is 0 Å². The van der Waals surface area contributed by atoms with Crippen LogP contribution in [0.2, 0.25) is 0 Å². The van der Waals surface area contributed by atoms with Gasteiger partial charge in [0.25, 0.3) is 0 Å². The molecule has 2 aromatic carbocycles. The van der Waals surface area contributed by atoms with Crippen molar-refractivity contribution in [1.82, 2.24) is 5.32 Å². The summed E-state index contributed by atoms with van der Waals surface area (Å²) >= 11 is 0. The van der Waals surface area contributed by atoms with Crippen LogP contribution >= 0.6 is 0 Å². The number of amides is 1. The maximum absolute atomic E-state index is 12.2. The molecule has 0 saturated heterocycles. The number of hydrogen-bond donors (Lipinski definition) is 2. The second-order valence-corrected chi connectivity index (χ2v) is 5.83. The van der Waals surface area contributed by atoms with Crippen LogP contribution in [0.25, 0.3) is 0 Å². The fraction of sp³-hybridized carbons (Fsp3) is 0.350. The highest BCUT2D eigenvalue weighted by atomic mass is 16.3. The second-order valence-electron chi connectivity index (χ2n) is 5.83. The molecule has 2 rings (SSSR count). The van der Waals surface area contributed by atoms with Gasteiger partial charge >= 0.3 is 0 Å². The van der Waals surface area contributed by atoms with E-state index in [2.05, 4.69) is 24.4 Å². The van der Waals surface area contributed by atoms with Gasteiger partial charge in [-0.25, -0.2) is 0 Å². The summed E-state index contributed by atoms with van der Waals surface area (Å²) in [7, 11) is 0. The molecule has 122 valence electrons. The molecule has 0 aliphatic carbocycles. The summed E-state index contributed by atoms with van der Waals surface area (Å²) in [5, 5.41) is 12.0. The number of benzene rings is 2. The lowest BCUT2D eigenvalue weighted by molar-refractivity contribution is -0.122. The molecule has 23 heavy (non-hydrogen) atoms. The topological polar surface area (TPSA) is 49.3 Å². The van der Waals surface area contributed by atoms with Crippen LogP contribution in [0.15, 0.2) is 48.5 Å². The van der Waals surface area contributed by atoms with Crippen molar-refractivity contribution in [2.45, 2.75) is 39.2 Å².